The summed E-state index contributed by atoms with van der Waals surface area (Å²) in [5.74, 6) is -0.538. The Bertz CT molecular complexity index is 232. The first-order valence-corrected chi connectivity index (χ1v) is 7.43. The lowest BCUT2D eigenvalue weighted by Crippen LogP contribution is -2.42. The molecule has 17 heavy (non-hydrogen) atoms. The maximum Gasteiger partial charge on any atom is 0.500 e. The summed E-state index contributed by atoms with van der Waals surface area (Å²) in [6.45, 7) is 5.61. The molecule has 0 saturated carbocycles. The summed E-state index contributed by atoms with van der Waals surface area (Å²) in [6.07, 6.45) is 2.21. The smallest absolute Gasteiger partial charge is 0.465 e. The van der Waals surface area contributed by atoms with Crippen molar-refractivity contribution in [3.05, 3.63) is 12.7 Å². The molecule has 0 spiro atoms. The third-order valence-corrected chi connectivity index (χ3v) is 5.36. The molecule has 0 aromatic carbocycles. The Morgan fingerprint density at radius 1 is 1.29 bits per heavy atom. The quantitative estimate of drug-likeness (QED) is 0.273. The third kappa shape index (κ3) is 5.45. The molecule has 0 aromatic heterocycles. The van der Waals surface area contributed by atoms with Crippen LogP contribution in [0, 0.1) is 5.92 Å². The van der Waals surface area contributed by atoms with E-state index in [1.807, 2.05) is 0 Å². The number of carbonyl (C=O) groups is 1. The fraction of sp³-hybridized carbons (Fsp3) is 0.727. The summed E-state index contributed by atoms with van der Waals surface area (Å²) in [4.78, 5) is 11.3. The van der Waals surface area contributed by atoms with Gasteiger partial charge in [-0.15, -0.1) is 6.58 Å². The molecule has 0 fully saturated rings. The van der Waals surface area contributed by atoms with Crippen molar-refractivity contribution < 1.29 is 22.8 Å². The van der Waals surface area contributed by atoms with Crippen LogP contribution in [0.2, 0.25) is 6.04 Å². The topological polar surface area (TPSA) is 54.0 Å². The minimum atomic E-state index is -2.54. The van der Waals surface area contributed by atoms with Crippen LogP contribution in [0.1, 0.15) is 13.3 Å². The van der Waals surface area contributed by atoms with Gasteiger partial charge in [-0.05, 0) is 13.3 Å². The second-order valence-corrected chi connectivity index (χ2v) is 6.68. The van der Waals surface area contributed by atoms with Crippen LogP contribution < -0.4 is 0 Å². The van der Waals surface area contributed by atoms with Crippen LogP contribution in [0.4, 0.5) is 0 Å². The first-order valence-electron chi connectivity index (χ1n) is 5.50. The highest BCUT2D eigenvalue weighted by Crippen LogP contribution is 2.15. The first-order chi connectivity index (χ1) is 8.05. The predicted octanol–water partition coefficient (Wildman–Crippen LogP) is 1.62. The average Bonchev–Trinajstić information content (AvgIpc) is 2.38. The van der Waals surface area contributed by atoms with Gasteiger partial charge in [0.1, 0.15) is 0 Å². The van der Waals surface area contributed by atoms with Crippen molar-refractivity contribution in [2.24, 2.45) is 5.92 Å². The molecule has 0 aliphatic carbocycles. The predicted molar refractivity (Wildman–Crippen MR) is 66.5 cm³/mol. The monoisotopic (exact) mass is 262 g/mol. The summed E-state index contributed by atoms with van der Waals surface area (Å²) in [7, 11) is 2.15. The normalized spacial score (nSPS) is 13.2. The van der Waals surface area contributed by atoms with Crippen molar-refractivity contribution in [3.8, 4) is 0 Å². The Morgan fingerprint density at radius 3 is 2.24 bits per heavy atom. The molecule has 5 nitrogen and oxygen atoms in total. The number of ether oxygens (including phenoxy) is 1. The zero-order valence-electron chi connectivity index (χ0n) is 11.0. The maximum absolute atomic E-state index is 11.3. The Morgan fingerprint density at radius 2 is 1.82 bits per heavy atom. The van der Waals surface area contributed by atoms with Crippen molar-refractivity contribution in [2.75, 3.05) is 27.9 Å². The van der Waals surface area contributed by atoms with Crippen LogP contribution in [0.15, 0.2) is 12.7 Å². The fourth-order valence-corrected chi connectivity index (χ4v) is 2.94. The van der Waals surface area contributed by atoms with Gasteiger partial charge in [-0.1, -0.05) is 6.08 Å². The minimum Gasteiger partial charge on any atom is -0.465 e. The highest BCUT2D eigenvalue weighted by atomic mass is 28.4. The summed E-state index contributed by atoms with van der Waals surface area (Å²) >= 11 is 0. The molecule has 0 aliphatic rings. The summed E-state index contributed by atoms with van der Waals surface area (Å²) in [6, 6.07) is 0.617. The number of esters is 1. The van der Waals surface area contributed by atoms with Gasteiger partial charge < -0.3 is 18.0 Å². The van der Waals surface area contributed by atoms with E-state index in [1.165, 1.54) is 0 Å². The van der Waals surface area contributed by atoms with Crippen molar-refractivity contribution in [1.82, 2.24) is 0 Å². The average molecular weight is 262 g/mol. The molecule has 100 valence electrons. The van der Waals surface area contributed by atoms with E-state index in [0.29, 0.717) is 19.1 Å². The van der Waals surface area contributed by atoms with Crippen LogP contribution in [-0.4, -0.2) is 42.7 Å². The molecule has 0 rings (SSSR count). The lowest BCUT2D eigenvalue weighted by atomic mass is 10.2. The molecule has 0 heterocycles. The summed E-state index contributed by atoms with van der Waals surface area (Å²) in [5.41, 5.74) is 0. The van der Waals surface area contributed by atoms with Gasteiger partial charge in [-0.2, -0.15) is 0 Å². The summed E-state index contributed by atoms with van der Waals surface area (Å²) < 4.78 is 20.8. The molecular weight excluding hydrogens is 240 g/mol. The van der Waals surface area contributed by atoms with Crippen molar-refractivity contribution in [3.63, 3.8) is 0 Å². The van der Waals surface area contributed by atoms with Crippen LogP contribution in [0.25, 0.3) is 0 Å². The number of hydrogen-bond acceptors (Lipinski definition) is 5. The van der Waals surface area contributed by atoms with E-state index < -0.39 is 8.80 Å². The molecule has 0 amide bonds. The van der Waals surface area contributed by atoms with Crippen molar-refractivity contribution in [2.45, 2.75) is 19.4 Å². The van der Waals surface area contributed by atoms with Gasteiger partial charge in [0.25, 0.3) is 0 Å². The van der Waals surface area contributed by atoms with Crippen LogP contribution in [-0.2, 0) is 22.8 Å². The van der Waals surface area contributed by atoms with E-state index in [0.717, 1.165) is 0 Å². The zero-order chi connectivity index (χ0) is 13.3. The third-order valence-electron chi connectivity index (χ3n) is 2.53. The Hall–Kier alpha value is -0.693. The molecule has 0 saturated heterocycles. The molecule has 0 radical (unpaired) electrons. The maximum atomic E-state index is 11.3. The second kappa shape index (κ2) is 8.41. The van der Waals surface area contributed by atoms with Gasteiger partial charge in [0.05, 0.1) is 12.5 Å². The number of hydrogen-bond donors (Lipinski definition) is 0. The van der Waals surface area contributed by atoms with Gasteiger partial charge in [-0.25, -0.2) is 0 Å². The molecular formula is C11H22O5Si. The first kappa shape index (κ1) is 16.3. The Balaban J connectivity index is 3.91. The van der Waals surface area contributed by atoms with Crippen molar-refractivity contribution >= 4 is 14.8 Å². The van der Waals surface area contributed by atoms with Crippen LogP contribution in [0.5, 0.6) is 0 Å². The van der Waals surface area contributed by atoms with E-state index in [2.05, 4.69) is 6.58 Å². The summed E-state index contributed by atoms with van der Waals surface area (Å²) in [5, 5.41) is 0. The Labute approximate surface area is 104 Å². The second-order valence-electron chi connectivity index (χ2n) is 3.59. The molecule has 0 aliphatic heterocycles. The van der Waals surface area contributed by atoms with Crippen LogP contribution >= 0.6 is 0 Å². The molecule has 0 bridgehead atoms. The van der Waals surface area contributed by atoms with Gasteiger partial charge in [0.2, 0.25) is 0 Å². The highest BCUT2D eigenvalue weighted by Gasteiger charge is 2.37. The van der Waals surface area contributed by atoms with Gasteiger partial charge >= 0.3 is 14.8 Å². The van der Waals surface area contributed by atoms with Crippen LogP contribution in [0.3, 0.4) is 0 Å². The number of carbonyl (C=O) groups excluding carboxylic acids is 1. The lowest BCUT2D eigenvalue weighted by Gasteiger charge is -2.24. The van der Waals surface area contributed by atoms with E-state index in [4.69, 9.17) is 18.0 Å². The number of rotatable bonds is 9. The molecule has 0 aromatic rings. The molecule has 6 heteroatoms. The minimum absolute atomic E-state index is 0.264. The Kier molecular flexibility index (Phi) is 8.06. The van der Waals surface area contributed by atoms with E-state index >= 15 is 0 Å². The molecule has 1 unspecified atom stereocenters. The van der Waals surface area contributed by atoms with Gasteiger partial charge in [-0.3, -0.25) is 4.79 Å². The van der Waals surface area contributed by atoms with E-state index in [9.17, 15) is 4.79 Å². The van der Waals surface area contributed by atoms with Gasteiger partial charge in [0.15, 0.2) is 0 Å². The lowest BCUT2D eigenvalue weighted by molar-refractivity contribution is -0.146. The largest absolute Gasteiger partial charge is 0.500 e. The van der Waals surface area contributed by atoms with E-state index in [-0.39, 0.29) is 11.9 Å². The molecule has 1 atom stereocenters. The molecule has 0 N–H and O–H groups in total. The fourth-order valence-electron chi connectivity index (χ4n) is 1.25. The SMILES string of the molecule is C=CC(C)C(=O)OCCC[Si](OC)(OC)OC. The standard InChI is InChI=1S/C11H22O5Si/c1-6-10(2)11(12)16-8-7-9-17(13-3,14-4)15-5/h6,10H,1,7-9H2,2-5H3. The van der Waals surface area contributed by atoms with Crippen molar-refractivity contribution in [1.29, 1.82) is 0 Å². The highest BCUT2D eigenvalue weighted by molar-refractivity contribution is 6.60. The van der Waals surface area contributed by atoms with E-state index in [1.54, 1.807) is 34.3 Å². The zero-order valence-corrected chi connectivity index (χ0v) is 12.0. The van der Waals surface area contributed by atoms with Gasteiger partial charge in [0, 0.05) is 27.4 Å².